The fraction of sp³-hybridized carbons (Fsp3) is 0.450. The van der Waals surface area contributed by atoms with Gasteiger partial charge < -0.3 is 20.3 Å². The normalized spacial score (nSPS) is 14.8. The number of hydrogen-bond donors (Lipinski definition) is 2. The van der Waals surface area contributed by atoms with Crippen LogP contribution in [0.3, 0.4) is 0 Å². The molecular weight excluding hydrogens is 354 g/mol. The van der Waals surface area contributed by atoms with Crippen molar-refractivity contribution in [2.45, 2.75) is 20.0 Å². The molecule has 3 heterocycles. The molecule has 4 rings (SSSR count). The second kappa shape index (κ2) is 8.53. The Morgan fingerprint density at radius 1 is 1.18 bits per heavy atom. The Kier molecular flexibility index (Phi) is 5.68. The lowest BCUT2D eigenvalue weighted by Gasteiger charge is -2.29. The van der Waals surface area contributed by atoms with Crippen molar-refractivity contribution in [3.8, 4) is 5.95 Å². The summed E-state index contributed by atoms with van der Waals surface area (Å²) in [5.41, 5.74) is 1.92. The number of aromatic nitrogens is 4. The number of nitrogens with zero attached hydrogens (tertiary/aromatic N) is 5. The Morgan fingerprint density at radius 3 is 2.82 bits per heavy atom. The van der Waals surface area contributed by atoms with Gasteiger partial charge >= 0.3 is 0 Å². The van der Waals surface area contributed by atoms with E-state index in [1.54, 1.807) is 6.33 Å². The second-order valence-corrected chi connectivity index (χ2v) is 7.10. The maximum Gasteiger partial charge on any atom is 0.239 e. The molecule has 1 fully saturated rings. The Bertz CT molecular complexity index is 918. The van der Waals surface area contributed by atoms with Crippen LogP contribution in [0.1, 0.15) is 13.8 Å². The van der Waals surface area contributed by atoms with Gasteiger partial charge in [-0.25, -0.2) is 4.98 Å². The fourth-order valence-electron chi connectivity index (χ4n) is 3.27. The van der Waals surface area contributed by atoms with Gasteiger partial charge in [-0.2, -0.15) is 9.97 Å². The second-order valence-electron chi connectivity index (χ2n) is 7.10. The molecule has 2 N–H and O–H groups in total. The van der Waals surface area contributed by atoms with E-state index >= 15 is 0 Å². The topological polar surface area (TPSA) is 80.1 Å². The standard InChI is InChI=1S/C20H27N7O/c1-15(2)28-12-9-22-18-13-19(26-10-7-21-8-11-26)25-20(24-18)27-14-23-16-5-3-4-6-17(16)27/h3-6,13-15,21H,7-12H2,1-2H3,(H,22,24,25). The minimum absolute atomic E-state index is 0.219. The Labute approximate surface area is 164 Å². The van der Waals surface area contributed by atoms with Gasteiger partial charge in [-0.3, -0.25) is 4.57 Å². The smallest absolute Gasteiger partial charge is 0.239 e. The fourth-order valence-corrected chi connectivity index (χ4v) is 3.27. The third-order valence-corrected chi connectivity index (χ3v) is 4.67. The third-order valence-electron chi connectivity index (χ3n) is 4.67. The first kappa shape index (κ1) is 18.6. The van der Waals surface area contributed by atoms with Gasteiger partial charge in [0.15, 0.2) is 0 Å². The maximum absolute atomic E-state index is 5.63. The first-order valence-corrected chi connectivity index (χ1v) is 9.83. The van der Waals surface area contributed by atoms with Crippen LogP contribution in [0.15, 0.2) is 36.7 Å². The van der Waals surface area contributed by atoms with E-state index in [-0.39, 0.29) is 6.10 Å². The molecule has 8 nitrogen and oxygen atoms in total. The zero-order valence-corrected chi connectivity index (χ0v) is 16.4. The van der Waals surface area contributed by atoms with Gasteiger partial charge in [-0.1, -0.05) is 12.1 Å². The average molecular weight is 381 g/mol. The molecule has 1 aromatic carbocycles. The number of fused-ring (bicyclic) bond motifs is 1. The van der Waals surface area contributed by atoms with Crippen molar-refractivity contribution >= 4 is 22.7 Å². The number of hydrogen-bond acceptors (Lipinski definition) is 7. The van der Waals surface area contributed by atoms with E-state index in [2.05, 4.69) is 20.5 Å². The van der Waals surface area contributed by atoms with Gasteiger partial charge in [-0.15, -0.1) is 0 Å². The molecule has 0 amide bonds. The summed E-state index contributed by atoms with van der Waals surface area (Å²) in [4.78, 5) is 16.4. The molecule has 1 aliphatic heterocycles. The summed E-state index contributed by atoms with van der Waals surface area (Å²) in [7, 11) is 0. The van der Waals surface area contributed by atoms with Crippen molar-refractivity contribution in [1.29, 1.82) is 0 Å². The highest BCUT2D eigenvalue weighted by atomic mass is 16.5. The van der Waals surface area contributed by atoms with Crippen LogP contribution in [0.25, 0.3) is 17.0 Å². The summed E-state index contributed by atoms with van der Waals surface area (Å²) in [5.74, 6) is 2.34. The first-order chi connectivity index (χ1) is 13.7. The van der Waals surface area contributed by atoms with E-state index in [1.807, 2.05) is 48.7 Å². The molecule has 0 atom stereocenters. The summed E-state index contributed by atoms with van der Waals surface area (Å²) in [6.45, 7) is 9.17. The molecule has 1 aliphatic rings. The van der Waals surface area contributed by atoms with E-state index < -0.39 is 0 Å². The number of nitrogens with one attached hydrogen (secondary N) is 2. The van der Waals surface area contributed by atoms with Gasteiger partial charge in [-0.05, 0) is 26.0 Å². The van der Waals surface area contributed by atoms with Crippen LogP contribution in [0, 0.1) is 0 Å². The molecule has 0 spiro atoms. The zero-order chi connectivity index (χ0) is 19.3. The van der Waals surface area contributed by atoms with Crippen LogP contribution >= 0.6 is 0 Å². The highest BCUT2D eigenvalue weighted by Crippen LogP contribution is 2.21. The Balaban J connectivity index is 1.65. The van der Waals surface area contributed by atoms with E-state index in [1.165, 1.54) is 0 Å². The summed E-state index contributed by atoms with van der Waals surface area (Å²) in [6, 6.07) is 10.0. The van der Waals surface area contributed by atoms with Crippen LogP contribution in [0.2, 0.25) is 0 Å². The van der Waals surface area contributed by atoms with Crippen molar-refractivity contribution in [3.63, 3.8) is 0 Å². The molecule has 0 aliphatic carbocycles. The summed E-state index contributed by atoms with van der Waals surface area (Å²) < 4.78 is 7.57. The highest BCUT2D eigenvalue weighted by molar-refractivity contribution is 5.76. The average Bonchev–Trinajstić information content (AvgIpc) is 3.16. The largest absolute Gasteiger partial charge is 0.377 e. The molecular formula is C20H27N7O. The van der Waals surface area contributed by atoms with Crippen LogP contribution in [-0.4, -0.2) is 65.0 Å². The number of rotatable bonds is 7. The predicted octanol–water partition coefficient (Wildman–Crippen LogP) is 2.06. The molecule has 8 heteroatoms. The molecule has 3 aromatic rings. The Morgan fingerprint density at radius 2 is 2.00 bits per heavy atom. The van der Waals surface area contributed by atoms with Gasteiger partial charge in [0, 0.05) is 38.8 Å². The van der Waals surface area contributed by atoms with Crippen LogP contribution in [-0.2, 0) is 4.74 Å². The molecule has 2 aromatic heterocycles. The lowest BCUT2D eigenvalue weighted by molar-refractivity contribution is 0.0870. The van der Waals surface area contributed by atoms with Crippen LogP contribution in [0.5, 0.6) is 0 Å². The molecule has 0 bridgehead atoms. The van der Waals surface area contributed by atoms with E-state index in [9.17, 15) is 0 Å². The predicted molar refractivity (Wildman–Crippen MR) is 111 cm³/mol. The lowest BCUT2D eigenvalue weighted by atomic mass is 10.3. The van der Waals surface area contributed by atoms with Gasteiger partial charge in [0.25, 0.3) is 0 Å². The van der Waals surface area contributed by atoms with Crippen LogP contribution in [0.4, 0.5) is 11.6 Å². The van der Waals surface area contributed by atoms with Crippen molar-refractivity contribution < 1.29 is 4.74 Å². The van der Waals surface area contributed by atoms with Crippen molar-refractivity contribution in [2.75, 3.05) is 49.5 Å². The van der Waals surface area contributed by atoms with Crippen molar-refractivity contribution in [1.82, 2.24) is 24.8 Å². The number of anilines is 2. The minimum atomic E-state index is 0.219. The zero-order valence-electron chi connectivity index (χ0n) is 16.4. The van der Waals surface area contributed by atoms with Crippen molar-refractivity contribution in [2.24, 2.45) is 0 Å². The summed E-state index contributed by atoms with van der Waals surface area (Å²) in [5, 5.41) is 6.76. The summed E-state index contributed by atoms with van der Waals surface area (Å²) >= 11 is 0. The van der Waals surface area contributed by atoms with Gasteiger partial charge in [0.2, 0.25) is 5.95 Å². The molecule has 1 saturated heterocycles. The number of piperazine rings is 1. The van der Waals surface area contributed by atoms with E-state index in [0.717, 1.165) is 48.8 Å². The number of benzene rings is 1. The number of para-hydroxylation sites is 2. The molecule has 0 unspecified atom stereocenters. The summed E-state index contributed by atoms with van der Waals surface area (Å²) in [6.07, 6.45) is 2.00. The van der Waals surface area contributed by atoms with Gasteiger partial charge in [0.1, 0.15) is 18.0 Å². The molecule has 0 saturated carbocycles. The van der Waals surface area contributed by atoms with Crippen LogP contribution < -0.4 is 15.5 Å². The maximum atomic E-state index is 5.63. The molecule has 0 radical (unpaired) electrons. The minimum Gasteiger partial charge on any atom is -0.377 e. The monoisotopic (exact) mass is 381 g/mol. The molecule has 148 valence electrons. The van der Waals surface area contributed by atoms with Crippen molar-refractivity contribution in [3.05, 3.63) is 36.7 Å². The quantitative estimate of drug-likeness (QED) is 0.607. The first-order valence-electron chi connectivity index (χ1n) is 9.83. The highest BCUT2D eigenvalue weighted by Gasteiger charge is 2.16. The SMILES string of the molecule is CC(C)OCCNc1cc(N2CCNCC2)nc(-n2cnc3ccccc32)n1. The number of ether oxygens (including phenoxy) is 1. The molecule has 28 heavy (non-hydrogen) atoms. The third kappa shape index (κ3) is 4.23. The van der Waals surface area contributed by atoms with E-state index in [4.69, 9.17) is 14.7 Å². The number of imidazole rings is 1. The lowest BCUT2D eigenvalue weighted by Crippen LogP contribution is -2.44. The van der Waals surface area contributed by atoms with E-state index in [0.29, 0.717) is 19.1 Å². The Hall–Kier alpha value is -2.71. The van der Waals surface area contributed by atoms with Gasteiger partial charge in [0.05, 0.1) is 23.7 Å².